The summed E-state index contributed by atoms with van der Waals surface area (Å²) in [7, 11) is 0. The second-order valence-corrected chi connectivity index (χ2v) is 6.31. The van der Waals surface area contributed by atoms with E-state index in [0.29, 0.717) is 34.4 Å². The molecule has 0 aliphatic rings. The Morgan fingerprint density at radius 1 is 1.15 bits per heavy atom. The van der Waals surface area contributed by atoms with Crippen molar-refractivity contribution in [3.63, 3.8) is 0 Å². The molecule has 0 unspecified atom stereocenters. The first-order valence-corrected chi connectivity index (χ1v) is 8.42. The highest BCUT2D eigenvalue weighted by atomic mass is 35.5. The molecule has 0 bridgehead atoms. The molecule has 0 fully saturated rings. The maximum absolute atomic E-state index is 12.4. The van der Waals surface area contributed by atoms with Crippen LogP contribution in [-0.4, -0.2) is 20.5 Å². The number of furan rings is 1. The lowest BCUT2D eigenvalue weighted by Crippen LogP contribution is -2.22. The normalized spacial score (nSPS) is 11.0. The van der Waals surface area contributed by atoms with Gasteiger partial charge in [0.25, 0.3) is 5.91 Å². The second kappa shape index (κ2) is 6.65. The molecule has 3 aromatic heterocycles. The number of benzene rings is 1. The van der Waals surface area contributed by atoms with Crippen LogP contribution in [0.15, 0.2) is 59.1 Å². The molecular weight excluding hydrogens is 352 g/mol. The molecule has 0 atom stereocenters. The molecule has 0 saturated carbocycles. The Bertz CT molecular complexity index is 1080. The number of carbonyl (C=O) groups excluding carboxylic acids is 1. The van der Waals surface area contributed by atoms with E-state index < -0.39 is 0 Å². The molecule has 4 rings (SSSR count). The molecule has 6 nitrogen and oxygen atoms in total. The van der Waals surface area contributed by atoms with Gasteiger partial charge in [0.05, 0.1) is 6.54 Å². The van der Waals surface area contributed by atoms with Crippen LogP contribution in [0.5, 0.6) is 0 Å². The highest BCUT2D eigenvalue weighted by molar-refractivity contribution is 6.30. The Morgan fingerprint density at radius 3 is 2.69 bits per heavy atom. The number of amides is 1. The van der Waals surface area contributed by atoms with E-state index in [1.165, 1.54) is 0 Å². The van der Waals surface area contributed by atoms with Gasteiger partial charge < -0.3 is 9.73 Å². The Morgan fingerprint density at radius 2 is 1.96 bits per heavy atom. The van der Waals surface area contributed by atoms with Gasteiger partial charge in [-0.05, 0) is 55.5 Å². The molecule has 26 heavy (non-hydrogen) atoms. The standard InChI is InChI=1S/C19H15ClN4O2/c1-12-2-7-16(26-12)11-21-19(25)14-8-9-24-17(10-14)22-23-18(24)13-3-5-15(20)6-4-13/h2-10H,11H2,1H3,(H,21,25). The van der Waals surface area contributed by atoms with Crippen LogP contribution in [-0.2, 0) is 6.54 Å². The number of aromatic nitrogens is 3. The zero-order valence-electron chi connectivity index (χ0n) is 13.9. The van der Waals surface area contributed by atoms with Crippen LogP contribution in [0, 0.1) is 6.92 Å². The number of carbonyl (C=O) groups is 1. The van der Waals surface area contributed by atoms with Crippen molar-refractivity contribution in [1.82, 2.24) is 19.9 Å². The van der Waals surface area contributed by atoms with Crippen molar-refractivity contribution in [1.29, 1.82) is 0 Å². The fraction of sp³-hybridized carbons (Fsp3) is 0.105. The summed E-state index contributed by atoms with van der Waals surface area (Å²) in [5.41, 5.74) is 2.00. The third kappa shape index (κ3) is 3.19. The lowest BCUT2D eigenvalue weighted by molar-refractivity contribution is 0.0948. The third-order valence-corrected chi connectivity index (χ3v) is 4.25. The zero-order chi connectivity index (χ0) is 18.1. The van der Waals surface area contributed by atoms with Gasteiger partial charge in [-0.2, -0.15) is 0 Å². The van der Waals surface area contributed by atoms with Gasteiger partial charge in [-0.1, -0.05) is 11.6 Å². The Kier molecular flexibility index (Phi) is 4.18. The number of hydrogen-bond acceptors (Lipinski definition) is 4. The van der Waals surface area contributed by atoms with Crippen LogP contribution in [0.3, 0.4) is 0 Å². The van der Waals surface area contributed by atoms with Crippen LogP contribution in [0.4, 0.5) is 0 Å². The number of rotatable bonds is 4. The van der Waals surface area contributed by atoms with Crippen molar-refractivity contribution in [3.05, 3.63) is 76.8 Å². The molecule has 3 heterocycles. The SMILES string of the molecule is Cc1ccc(CNC(=O)c2ccn3c(-c4ccc(Cl)cc4)nnc3c2)o1. The fourth-order valence-electron chi connectivity index (χ4n) is 2.68. The number of hydrogen-bond donors (Lipinski definition) is 1. The van der Waals surface area contributed by atoms with Gasteiger partial charge >= 0.3 is 0 Å². The van der Waals surface area contributed by atoms with Gasteiger partial charge in [0.1, 0.15) is 11.5 Å². The number of aryl methyl sites for hydroxylation is 1. The first kappa shape index (κ1) is 16.4. The average molecular weight is 367 g/mol. The maximum atomic E-state index is 12.4. The minimum absolute atomic E-state index is 0.197. The van der Waals surface area contributed by atoms with Crippen molar-refractivity contribution >= 4 is 23.2 Å². The Labute approximate surface area is 154 Å². The maximum Gasteiger partial charge on any atom is 0.251 e. The first-order valence-electron chi connectivity index (χ1n) is 8.04. The van der Waals surface area contributed by atoms with E-state index in [9.17, 15) is 4.79 Å². The van der Waals surface area contributed by atoms with Gasteiger partial charge in [0.15, 0.2) is 11.5 Å². The van der Waals surface area contributed by atoms with Crippen LogP contribution in [0.25, 0.3) is 17.0 Å². The van der Waals surface area contributed by atoms with E-state index in [4.69, 9.17) is 16.0 Å². The van der Waals surface area contributed by atoms with E-state index in [1.54, 1.807) is 30.5 Å². The van der Waals surface area contributed by atoms with Crippen molar-refractivity contribution in [2.45, 2.75) is 13.5 Å². The summed E-state index contributed by atoms with van der Waals surface area (Å²) in [5.74, 6) is 2.02. The zero-order valence-corrected chi connectivity index (χ0v) is 14.7. The average Bonchev–Trinajstić information content (AvgIpc) is 3.26. The van der Waals surface area contributed by atoms with Crippen LogP contribution < -0.4 is 5.32 Å². The van der Waals surface area contributed by atoms with Crippen molar-refractivity contribution < 1.29 is 9.21 Å². The van der Waals surface area contributed by atoms with E-state index in [0.717, 1.165) is 11.3 Å². The smallest absolute Gasteiger partial charge is 0.251 e. The Balaban J connectivity index is 1.56. The minimum atomic E-state index is -0.197. The van der Waals surface area contributed by atoms with Gasteiger partial charge in [-0.25, -0.2) is 0 Å². The predicted molar refractivity (Wildman–Crippen MR) is 98.0 cm³/mol. The molecule has 0 aliphatic heterocycles. The summed E-state index contributed by atoms with van der Waals surface area (Å²) in [6, 6.07) is 14.5. The molecule has 1 N–H and O–H groups in total. The number of pyridine rings is 1. The second-order valence-electron chi connectivity index (χ2n) is 5.87. The lowest BCUT2D eigenvalue weighted by atomic mass is 10.2. The number of halogens is 1. The first-order chi connectivity index (χ1) is 12.6. The summed E-state index contributed by atoms with van der Waals surface area (Å²) in [6.45, 7) is 2.20. The minimum Gasteiger partial charge on any atom is -0.465 e. The molecule has 0 radical (unpaired) electrons. The largest absolute Gasteiger partial charge is 0.465 e. The van der Waals surface area contributed by atoms with Gasteiger partial charge in [-0.15, -0.1) is 10.2 Å². The lowest BCUT2D eigenvalue weighted by Gasteiger charge is -2.05. The molecule has 1 aromatic carbocycles. The molecule has 0 aliphatic carbocycles. The highest BCUT2D eigenvalue weighted by Gasteiger charge is 2.12. The third-order valence-electron chi connectivity index (χ3n) is 3.99. The number of nitrogens with one attached hydrogen (secondary N) is 1. The topological polar surface area (TPSA) is 72.4 Å². The molecule has 1 amide bonds. The summed E-state index contributed by atoms with van der Waals surface area (Å²) >= 11 is 5.93. The molecule has 0 saturated heterocycles. The van der Waals surface area contributed by atoms with E-state index in [-0.39, 0.29) is 5.91 Å². The van der Waals surface area contributed by atoms with Crippen LogP contribution in [0.1, 0.15) is 21.9 Å². The van der Waals surface area contributed by atoms with Crippen molar-refractivity contribution in [2.24, 2.45) is 0 Å². The highest BCUT2D eigenvalue weighted by Crippen LogP contribution is 2.21. The molecule has 0 spiro atoms. The van der Waals surface area contributed by atoms with E-state index >= 15 is 0 Å². The molecule has 7 heteroatoms. The molecule has 130 valence electrons. The van der Waals surface area contributed by atoms with E-state index in [1.807, 2.05) is 35.6 Å². The summed E-state index contributed by atoms with van der Waals surface area (Å²) in [4.78, 5) is 12.4. The van der Waals surface area contributed by atoms with Gasteiger partial charge in [0.2, 0.25) is 0 Å². The van der Waals surface area contributed by atoms with Crippen molar-refractivity contribution in [3.8, 4) is 11.4 Å². The van der Waals surface area contributed by atoms with E-state index in [2.05, 4.69) is 15.5 Å². The number of nitrogens with zero attached hydrogens (tertiary/aromatic N) is 3. The Hall–Kier alpha value is -3.12. The van der Waals surface area contributed by atoms with Gasteiger partial charge in [0, 0.05) is 22.3 Å². The monoisotopic (exact) mass is 366 g/mol. The quantitative estimate of drug-likeness (QED) is 0.595. The van der Waals surface area contributed by atoms with Gasteiger partial charge in [-0.3, -0.25) is 9.20 Å². The van der Waals surface area contributed by atoms with Crippen LogP contribution in [0.2, 0.25) is 5.02 Å². The fourth-order valence-corrected chi connectivity index (χ4v) is 2.80. The van der Waals surface area contributed by atoms with Crippen molar-refractivity contribution in [2.75, 3.05) is 0 Å². The summed E-state index contributed by atoms with van der Waals surface area (Å²) < 4.78 is 7.28. The molecular formula is C19H15ClN4O2. The molecule has 4 aromatic rings. The number of fused-ring (bicyclic) bond motifs is 1. The predicted octanol–water partition coefficient (Wildman–Crippen LogP) is 3.88. The van der Waals surface area contributed by atoms with Crippen LogP contribution >= 0.6 is 11.6 Å². The summed E-state index contributed by atoms with van der Waals surface area (Å²) in [5, 5.41) is 11.9. The summed E-state index contributed by atoms with van der Waals surface area (Å²) in [6.07, 6.45) is 1.78.